The molecule has 0 radical (unpaired) electrons. The zero-order valence-electron chi connectivity index (χ0n) is 50.1. The second-order valence-electron chi connectivity index (χ2n) is 23.8. The number of aromatic nitrogens is 3. The Kier molecular flexibility index (Phi) is 23.9. The molecule has 2 aliphatic rings. The molecule has 0 bridgehead atoms. The number of aromatic amines is 2. The Labute approximate surface area is 500 Å². The van der Waals surface area contributed by atoms with E-state index in [2.05, 4.69) is 57.5 Å². The molecule has 0 aliphatic carbocycles. The van der Waals surface area contributed by atoms with E-state index in [0.29, 0.717) is 37.1 Å². The van der Waals surface area contributed by atoms with Gasteiger partial charge in [-0.15, -0.1) is 0 Å². The summed E-state index contributed by atoms with van der Waals surface area (Å²) in [5.41, 5.74) is 12.7. The standard InChI is InChI=1S/C60H85N15O11/c1-34(2)26-45(59(86)75-25-15-21-46(75)51(62)78)72-57(84)47(29-38-31-63-33-67-38)74(7)49(77)32-66-58(85)50(60(4,5)6)73-52(79)35(3)68-55(82)44(28-37-30-65-40-19-12-11-18-39(37)40)71-54(81)42(22-23-48(61)76)69-56(83)43(27-36-16-9-8-10-17-36)70-53(80)41-20-13-14-24-64-41/h8-12,16-19,30-31,33-35,41-47,50,64-65H,13-15,20-29,32H2,1-7H3,(H2,61,76)(H2,62,78)(H,63,67)(H,66,85)(H,68,82)(H,69,83)(H,70,80)(H,71,81)(H,72,84)(H,73,79)/t35-,41-,42-,43+,44-,45-,46-,47-,50+/m0/s1. The third-order valence-electron chi connectivity index (χ3n) is 15.5. The molecule has 11 amide bonds. The van der Waals surface area contributed by atoms with Gasteiger partial charge in [0, 0.05) is 68.3 Å². The maximum absolute atomic E-state index is 14.5. The molecule has 14 N–H and O–H groups in total. The maximum Gasteiger partial charge on any atom is 0.245 e. The number of nitrogens with two attached hydrogens (primary N) is 2. The summed E-state index contributed by atoms with van der Waals surface area (Å²) in [7, 11) is 1.37. The number of likely N-dealkylation sites (N-methyl/N-ethyl adjacent to an activating group) is 1. The van der Waals surface area contributed by atoms with E-state index in [9.17, 15) is 52.7 Å². The monoisotopic (exact) mass is 1190 g/mol. The van der Waals surface area contributed by atoms with E-state index in [-0.39, 0.29) is 51.0 Å². The van der Waals surface area contributed by atoms with Crippen molar-refractivity contribution in [1.82, 2.24) is 67.3 Å². The van der Waals surface area contributed by atoms with Crippen LogP contribution in [0.15, 0.2) is 73.3 Å². The Morgan fingerprint density at radius 1 is 0.709 bits per heavy atom. The Bertz CT molecular complexity index is 3030. The van der Waals surface area contributed by atoms with Crippen LogP contribution in [0.5, 0.6) is 0 Å². The molecule has 4 aromatic rings. The van der Waals surface area contributed by atoms with Crippen LogP contribution in [0, 0.1) is 11.3 Å². The van der Waals surface area contributed by atoms with Gasteiger partial charge in [-0.3, -0.25) is 52.7 Å². The van der Waals surface area contributed by atoms with Crippen molar-refractivity contribution < 1.29 is 52.7 Å². The average Bonchev–Trinajstić information content (AvgIpc) is 2.19. The van der Waals surface area contributed by atoms with Crippen LogP contribution in [-0.4, -0.2) is 171 Å². The van der Waals surface area contributed by atoms with Crippen LogP contribution < -0.4 is 54.0 Å². The number of benzene rings is 2. The number of hydrogen-bond donors (Lipinski definition) is 12. The van der Waals surface area contributed by atoms with E-state index in [4.69, 9.17) is 11.5 Å². The van der Waals surface area contributed by atoms with E-state index in [1.807, 2.05) is 38.1 Å². The van der Waals surface area contributed by atoms with Gasteiger partial charge in [0.25, 0.3) is 0 Å². The zero-order valence-corrected chi connectivity index (χ0v) is 50.1. The van der Waals surface area contributed by atoms with Gasteiger partial charge in [0.2, 0.25) is 65.0 Å². The van der Waals surface area contributed by atoms with Crippen LogP contribution in [0.1, 0.15) is 110 Å². The van der Waals surface area contributed by atoms with Crippen LogP contribution in [-0.2, 0) is 72.0 Å². The molecule has 0 unspecified atom stereocenters. The van der Waals surface area contributed by atoms with Crippen LogP contribution in [0.2, 0.25) is 0 Å². The maximum atomic E-state index is 14.5. The minimum atomic E-state index is -1.44. The van der Waals surface area contributed by atoms with Gasteiger partial charge in [-0.25, -0.2) is 4.98 Å². The van der Waals surface area contributed by atoms with Crippen LogP contribution in [0.3, 0.4) is 0 Å². The van der Waals surface area contributed by atoms with Gasteiger partial charge in [0.15, 0.2) is 0 Å². The SMILES string of the molecule is CC(C)C[C@H](NC(=O)[C@H](Cc1cnc[nH]1)N(C)C(=O)CNC(=O)[C@@H](NC(=O)[C@H](C)NC(=O)[C@H](Cc1c[nH]c2ccccc12)NC(=O)[C@H](CCC(N)=O)NC(=O)[C@@H](Cc1ccccc1)NC(=O)[C@@H]1CCCCN1)C(C)(C)C)C(=O)N1CCC[C@H]1C(N)=O. The van der Waals surface area contributed by atoms with Gasteiger partial charge in [0.1, 0.15) is 48.3 Å². The fourth-order valence-electron chi connectivity index (χ4n) is 10.6. The minimum absolute atomic E-state index is 0.0592. The number of imidazole rings is 1. The fraction of sp³-hybridized carbons (Fsp3) is 0.533. The molecule has 2 aromatic carbocycles. The number of hydrogen-bond acceptors (Lipinski definition) is 13. The molecule has 466 valence electrons. The smallest absolute Gasteiger partial charge is 0.245 e. The second kappa shape index (κ2) is 30.9. The van der Waals surface area contributed by atoms with Crippen molar-refractivity contribution >= 4 is 75.9 Å². The Morgan fingerprint density at radius 3 is 2.02 bits per heavy atom. The van der Waals surface area contributed by atoms with Crippen molar-refractivity contribution in [2.75, 3.05) is 26.7 Å². The predicted octanol–water partition coefficient (Wildman–Crippen LogP) is -0.233. The number of carbonyl (C=O) groups excluding carboxylic acids is 11. The third kappa shape index (κ3) is 18.9. The van der Waals surface area contributed by atoms with Crippen molar-refractivity contribution in [3.63, 3.8) is 0 Å². The number of amides is 11. The molecule has 2 aromatic heterocycles. The summed E-state index contributed by atoms with van der Waals surface area (Å²) in [4.78, 5) is 164. The molecule has 0 saturated carbocycles. The van der Waals surface area contributed by atoms with Crippen LogP contribution in [0.25, 0.3) is 10.9 Å². The minimum Gasteiger partial charge on any atom is -0.370 e. The molecule has 2 fully saturated rings. The molecule has 2 saturated heterocycles. The topological polar surface area (TPSA) is 387 Å². The first-order chi connectivity index (χ1) is 40.8. The molecule has 0 spiro atoms. The number of likely N-dealkylation sites (tertiary alicyclic amines) is 1. The van der Waals surface area contributed by atoms with Gasteiger partial charge in [0.05, 0.1) is 18.9 Å². The zero-order chi connectivity index (χ0) is 62.8. The number of H-pyrrole nitrogens is 2. The lowest BCUT2D eigenvalue weighted by Crippen LogP contribution is -2.61. The summed E-state index contributed by atoms with van der Waals surface area (Å²) < 4.78 is 0. The summed E-state index contributed by atoms with van der Waals surface area (Å²) >= 11 is 0. The first-order valence-electron chi connectivity index (χ1n) is 29.3. The summed E-state index contributed by atoms with van der Waals surface area (Å²) in [6.07, 6.45) is 7.30. The van der Waals surface area contributed by atoms with Gasteiger partial charge in [-0.1, -0.05) is 89.6 Å². The quantitative estimate of drug-likeness (QED) is 0.0335. The van der Waals surface area contributed by atoms with E-state index >= 15 is 0 Å². The molecule has 26 heteroatoms. The average molecular weight is 1190 g/mol. The number of primary amides is 2. The molecule has 6 rings (SSSR count). The Balaban J connectivity index is 1.15. The highest BCUT2D eigenvalue weighted by Gasteiger charge is 2.40. The number of para-hydroxylation sites is 1. The van der Waals surface area contributed by atoms with E-state index in [1.54, 1.807) is 57.3 Å². The molecule has 2 aliphatic heterocycles. The molecule has 9 atom stereocenters. The lowest BCUT2D eigenvalue weighted by Gasteiger charge is -2.33. The van der Waals surface area contributed by atoms with Gasteiger partial charge in [-0.05, 0) is 80.5 Å². The van der Waals surface area contributed by atoms with Crippen LogP contribution >= 0.6 is 0 Å². The Hall–Kier alpha value is -8.68. The highest BCUT2D eigenvalue weighted by Crippen LogP contribution is 2.23. The van der Waals surface area contributed by atoms with Crippen molar-refractivity contribution in [3.8, 4) is 0 Å². The molecular weight excluding hydrogens is 1110 g/mol. The highest BCUT2D eigenvalue weighted by atomic mass is 16.2. The largest absolute Gasteiger partial charge is 0.370 e. The lowest BCUT2D eigenvalue weighted by molar-refractivity contribution is -0.143. The third-order valence-corrected chi connectivity index (χ3v) is 15.5. The molecular formula is C60H85N15O11. The number of piperidine rings is 1. The van der Waals surface area contributed by atoms with Crippen LogP contribution in [0.4, 0.5) is 0 Å². The van der Waals surface area contributed by atoms with Gasteiger partial charge < -0.3 is 73.8 Å². The number of nitrogens with one attached hydrogen (secondary N) is 10. The van der Waals surface area contributed by atoms with E-state index in [0.717, 1.165) is 34.2 Å². The number of carbonyl (C=O) groups is 11. The predicted molar refractivity (Wildman–Crippen MR) is 318 cm³/mol. The highest BCUT2D eigenvalue weighted by molar-refractivity contribution is 5.99. The lowest BCUT2D eigenvalue weighted by atomic mass is 9.86. The van der Waals surface area contributed by atoms with Gasteiger partial charge in [-0.2, -0.15) is 0 Å². The summed E-state index contributed by atoms with van der Waals surface area (Å²) in [6, 6.07) is 5.95. The number of fused-ring (bicyclic) bond motifs is 1. The molecule has 86 heavy (non-hydrogen) atoms. The summed E-state index contributed by atoms with van der Waals surface area (Å²) in [5.74, 6) is -7.72. The first-order valence-corrected chi connectivity index (χ1v) is 29.3. The normalized spacial score (nSPS) is 17.6. The van der Waals surface area contributed by atoms with Crippen molar-refractivity contribution in [1.29, 1.82) is 0 Å². The number of nitrogens with zero attached hydrogens (tertiary/aromatic N) is 3. The van der Waals surface area contributed by atoms with Gasteiger partial charge >= 0.3 is 0 Å². The summed E-state index contributed by atoms with van der Waals surface area (Å²) in [5, 5.41) is 23.0. The Morgan fingerprint density at radius 2 is 1.37 bits per heavy atom. The summed E-state index contributed by atoms with van der Waals surface area (Å²) in [6.45, 7) is 10.4. The molecule has 26 nitrogen and oxygen atoms in total. The molecule has 4 heterocycles. The van der Waals surface area contributed by atoms with Crippen molar-refractivity contribution in [2.45, 2.75) is 167 Å². The first kappa shape index (κ1) is 66.5. The fourth-order valence-corrected chi connectivity index (χ4v) is 10.6. The van der Waals surface area contributed by atoms with Crippen molar-refractivity contribution in [2.24, 2.45) is 22.8 Å². The van der Waals surface area contributed by atoms with Crippen molar-refractivity contribution in [3.05, 3.63) is 90.1 Å². The second-order valence-corrected chi connectivity index (χ2v) is 23.8. The van der Waals surface area contributed by atoms with E-state index in [1.165, 1.54) is 31.4 Å². The van der Waals surface area contributed by atoms with E-state index < -0.39 is 131 Å². The number of rotatable bonds is 29.